The molecule has 1 N–H and O–H groups in total. The van der Waals surface area contributed by atoms with Gasteiger partial charge in [0, 0.05) is 4.90 Å². The first-order chi connectivity index (χ1) is 12.8. The number of hydrogen-bond acceptors (Lipinski definition) is 5. The Morgan fingerprint density at radius 1 is 1.07 bits per heavy atom. The van der Waals surface area contributed by atoms with Crippen molar-refractivity contribution >= 4 is 29.3 Å². The molecule has 0 radical (unpaired) electrons. The molecule has 0 bridgehead atoms. The maximum absolute atomic E-state index is 13.6. The van der Waals surface area contributed by atoms with Gasteiger partial charge in [0.25, 0.3) is 5.91 Å². The topological polar surface area (TPSA) is 64.6 Å². The summed E-state index contributed by atoms with van der Waals surface area (Å²) in [6.45, 7) is 1.28. The molecule has 5 nitrogen and oxygen atoms in total. The summed E-state index contributed by atoms with van der Waals surface area (Å²) in [4.78, 5) is 24.6. The molecule has 0 fully saturated rings. The van der Waals surface area contributed by atoms with Crippen LogP contribution in [0.5, 0.6) is 5.75 Å². The predicted molar refractivity (Wildman–Crippen MR) is 94.2 cm³/mol. The third-order valence-electron chi connectivity index (χ3n) is 3.39. The molecule has 0 unspecified atom stereocenters. The minimum Gasteiger partial charge on any atom is -0.497 e. The van der Waals surface area contributed by atoms with Gasteiger partial charge in [0.2, 0.25) is 0 Å². The molecule has 1 atom stereocenters. The predicted octanol–water partition coefficient (Wildman–Crippen LogP) is 3.78. The van der Waals surface area contributed by atoms with E-state index >= 15 is 0 Å². The highest BCUT2D eigenvalue weighted by Crippen LogP contribution is 2.22. The zero-order chi connectivity index (χ0) is 20.0. The molecule has 0 aliphatic carbocycles. The molecule has 0 spiro atoms. The number of esters is 1. The molecule has 0 heterocycles. The average molecular weight is 399 g/mol. The number of benzene rings is 2. The zero-order valence-corrected chi connectivity index (χ0v) is 15.2. The van der Waals surface area contributed by atoms with Crippen LogP contribution in [0.4, 0.5) is 18.9 Å². The Balaban J connectivity index is 1.86. The molecule has 1 amide bonds. The van der Waals surface area contributed by atoms with Crippen LogP contribution in [0.15, 0.2) is 41.3 Å². The SMILES string of the molecule is COc1ccc(SCC(=O)O[C@H](C)C(=O)Nc2ccc(F)c(F)c2F)cc1. The minimum absolute atomic E-state index is 0.0521. The van der Waals surface area contributed by atoms with E-state index in [0.29, 0.717) is 11.8 Å². The Bertz CT molecular complexity index is 830. The summed E-state index contributed by atoms with van der Waals surface area (Å²) < 4.78 is 49.6. The molecular formula is C18H16F3NO4S. The summed E-state index contributed by atoms with van der Waals surface area (Å²) in [5.74, 6) is -5.52. The van der Waals surface area contributed by atoms with Crippen molar-refractivity contribution in [1.82, 2.24) is 0 Å². The lowest BCUT2D eigenvalue weighted by molar-refractivity contribution is -0.150. The van der Waals surface area contributed by atoms with Crippen molar-refractivity contribution in [2.75, 3.05) is 18.2 Å². The van der Waals surface area contributed by atoms with Crippen molar-refractivity contribution in [3.8, 4) is 5.75 Å². The molecule has 0 saturated carbocycles. The summed E-state index contributed by atoms with van der Waals surface area (Å²) in [5, 5.41) is 2.05. The number of nitrogens with one attached hydrogen (secondary N) is 1. The van der Waals surface area contributed by atoms with Gasteiger partial charge in [-0.15, -0.1) is 11.8 Å². The smallest absolute Gasteiger partial charge is 0.317 e. The maximum atomic E-state index is 13.6. The Labute approximate surface area is 157 Å². The summed E-state index contributed by atoms with van der Waals surface area (Å²) in [6.07, 6.45) is -1.25. The molecule has 2 aromatic rings. The van der Waals surface area contributed by atoms with Crippen LogP contribution < -0.4 is 10.1 Å². The van der Waals surface area contributed by atoms with E-state index < -0.39 is 41.1 Å². The minimum atomic E-state index is -1.70. The van der Waals surface area contributed by atoms with Crippen molar-refractivity contribution in [2.45, 2.75) is 17.9 Å². The van der Waals surface area contributed by atoms with Crippen LogP contribution in [0.25, 0.3) is 0 Å². The van der Waals surface area contributed by atoms with Gasteiger partial charge in [-0.25, -0.2) is 13.2 Å². The molecule has 0 aromatic heterocycles. The second-order valence-corrected chi connectivity index (χ2v) is 6.36. The van der Waals surface area contributed by atoms with Gasteiger partial charge in [-0.2, -0.15) is 0 Å². The van der Waals surface area contributed by atoms with Crippen LogP contribution in [0.3, 0.4) is 0 Å². The molecule has 2 aromatic carbocycles. The molecule has 9 heteroatoms. The molecule has 2 rings (SSSR count). The molecular weight excluding hydrogens is 383 g/mol. The van der Waals surface area contributed by atoms with E-state index in [0.717, 1.165) is 11.0 Å². The van der Waals surface area contributed by atoms with Crippen LogP contribution >= 0.6 is 11.8 Å². The van der Waals surface area contributed by atoms with Gasteiger partial charge in [0.15, 0.2) is 23.6 Å². The van der Waals surface area contributed by atoms with Gasteiger partial charge in [-0.05, 0) is 43.3 Å². The number of anilines is 1. The first-order valence-corrected chi connectivity index (χ1v) is 8.71. The zero-order valence-electron chi connectivity index (χ0n) is 14.4. The number of methoxy groups -OCH3 is 1. The highest BCUT2D eigenvalue weighted by Gasteiger charge is 2.21. The summed E-state index contributed by atoms with van der Waals surface area (Å²) in [5.41, 5.74) is -0.547. The van der Waals surface area contributed by atoms with Gasteiger partial charge in [0.05, 0.1) is 18.6 Å². The third-order valence-corrected chi connectivity index (χ3v) is 4.37. The van der Waals surface area contributed by atoms with E-state index in [2.05, 4.69) is 5.32 Å². The van der Waals surface area contributed by atoms with Crippen molar-refractivity contribution in [3.05, 3.63) is 53.8 Å². The number of carbonyl (C=O) groups is 2. The van der Waals surface area contributed by atoms with Crippen molar-refractivity contribution in [2.24, 2.45) is 0 Å². The van der Waals surface area contributed by atoms with Crippen LogP contribution in [-0.2, 0) is 14.3 Å². The van der Waals surface area contributed by atoms with Gasteiger partial charge < -0.3 is 14.8 Å². The first kappa shape index (κ1) is 20.6. The number of hydrogen-bond donors (Lipinski definition) is 1. The van der Waals surface area contributed by atoms with E-state index in [9.17, 15) is 22.8 Å². The van der Waals surface area contributed by atoms with Crippen LogP contribution in [-0.4, -0.2) is 30.8 Å². The average Bonchev–Trinajstić information content (AvgIpc) is 2.67. The monoisotopic (exact) mass is 399 g/mol. The standard InChI is InChI=1S/C18H16F3NO4S/c1-10(18(24)22-14-8-7-13(19)16(20)17(14)21)26-15(23)9-27-12-5-3-11(25-2)4-6-12/h3-8,10H,9H2,1-2H3,(H,22,24)/t10-/m1/s1. The molecule has 27 heavy (non-hydrogen) atoms. The number of carbonyl (C=O) groups excluding carboxylic acids is 2. The summed E-state index contributed by atoms with van der Waals surface area (Å²) >= 11 is 1.20. The number of halogens is 3. The lowest BCUT2D eigenvalue weighted by Crippen LogP contribution is -2.31. The molecule has 0 saturated heterocycles. The fraction of sp³-hybridized carbons (Fsp3) is 0.222. The van der Waals surface area contributed by atoms with Gasteiger partial charge in [-0.1, -0.05) is 0 Å². The maximum Gasteiger partial charge on any atom is 0.317 e. The van der Waals surface area contributed by atoms with E-state index in [1.54, 1.807) is 24.3 Å². The van der Waals surface area contributed by atoms with E-state index in [1.807, 2.05) is 0 Å². The number of ether oxygens (including phenoxy) is 2. The highest BCUT2D eigenvalue weighted by atomic mass is 32.2. The van der Waals surface area contributed by atoms with Crippen molar-refractivity contribution < 1.29 is 32.2 Å². The van der Waals surface area contributed by atoms with E-state index in [4.69, 9.17) is 9.47 Å². The van der Waals surface area contributed by atoms with Gasteiger partial charge in [-0.3, -0.25) is 9.59 Å². The fourth-order valence-corrected chi connectivity index (χ4v) is 2.64. The normalized spacial score (nSPS) is 11.6. The lowest BCUT2D eigenvalue weighted by Gasteiger charge is -2.14. The van der Waals surface area contributed by atoms with Gasteiger partial charge >= 0.3 is 5.97 Å². The van der Waals surface area contributed by atoms with Crippen LogP contribution in [0.2, 0.25) is 0 Å². The summed E-state index contributed by atoms with van der Waals surface area (Å²) in [7, 11) is 1.54. The van der Waals surface area contributed by atoms with Crippen LogP contribution in [0.1, 0.15) is 6.92 Å². The Kier molecular flexibility index (Phi) is 7.12. The quantitative estimate of drug-likeness (QED) is 0.436. The Morgan fingerprint density at radius 2 is 1.74 bits per heavy atom. The highest BCUT2D eigenvalue weighted by molar-refractivity contribution is 8.00. The molecule has 0 aliphatic heterocycles. The van der Waals surface area contributed by atoms with Gasteiger partial charge in [0.1, 0.15) is 5.75 Å². The lowest BCUT2D eigenvalue weighted by atomic mass is 10.2. The third kappa shape index (κ3) is 5.65. The summed E-state index contributed by atoms with van der Waals surface area (Å²) in [6, 6.07) is 8.55. The van der Waals surface area contributed by atoms with Crippen molar-refractivity contribution in [1.29, 1.82) is 0 Å². The second kappa shape index (κ2) is 9.31. The van der Waals surface area contributed by atoms with E-state index in [1.165, 1.54) is 25.8 Å². The fourth-order valence-electron chi connectivity index (χ4n) is 1.96. The second-order valence-electron chi connectivity index (χ2n) is 5.31. The molecule has 144 valence electrons. The number of thioether (sulfide) groups is 1. The van der Waals surface area contributed by atoms with E-state index in [-0.39, 0.29) is 5.75 Å². The Hall–Kier alpha value is -2.68. The van der Waals surface area contributed by atoms with Crippen LogP contribution in [0, 0.1) is 17.5 Å². The first-order valence-electron chi connectivity index (χ1n) is 7.72. The largest absolute Gasteiger partial charge is 0.497 e. The Morgan fingerprint density at radius 3 is 2.37 bits per heavy atom. The van der Waals surface area contributed by atoms with Crippen molar-refractivity contribution in [3.63, 3.8) is 0 Å². The number of rotatable bonds is 7. The number of amides is 1. The molecule has 0 aliphatic rings.